The van der Waals surface area contributed by atoms with Crippen LogP contribution in [0.4, 0.5) is 0 Å². The van der Waals surface area contributed by atoms with Gasteiger partial charge in [-0.15, -0.1) is 0 Å². The molecule has 0 bridgehead atoms. The van der Waals surface area contributed by atoms with Crippen LogP contribution in [0, 0.1) is 0 Å². The van der Waals surface area contributed by atoms with Crippen LogP contribution in [0.15, 0.2) is 106 Å². The molecule has 0 amide bonds. The molecule has 30 heavy (non-hydrogen) atoms. The predicted molar refractivity (Wildman–Crippen MR) is 118 cm³/mol. The smallest absolute Gasteiger partial charge is 0.202 e. The maximum Gasteiger partial charge on any atom is 0.202 e. The quantitative estimate of drug-likeness (QED) is 0.275. The minimum atomic E-state index is -1.41. The summed E-state index contributed by atoms with van der Waals surface area (Å²) in [5, 5.41) is 1.04. The van der Waals surface area contributed by atoms with E-state index in [1.807, 2.05) is 72.8 Å². The molecule has 0 aliphatic carbocycles. The van der Waals surface area contributed by atoms with Crippen molar-refractivity contribution in [1.29, 1.82) is 0 Å². The zero-order chi connectivity index (χ0) is 20.2. The summed E-state index contributed by atoms with van der Waals surface area (Å²) in [7, 11) is 0. The summed E-state index contributed by atoms with van der Waals surface area (Å²) in [4.78, 5) is 14.7. The van der Waals surface area contributed by atoms with E-state index in [2.05, 4.69) is 4.57 Å². The van der Waals surface area contributed by atoms with Crippen molar-refractivity contribution in [2.75, 3.05) is 0 Å². The standard InChI is InChI=1S/C25H15NO3S/c27-24-17-10-4-5-11-18(17)26(16-8-2-1-3-9-16)19-14-15-22-25(23(19)24)29-20-12-6-7-13-21(20)30(22)28/h1-15H. The molecule has 5 aromatic rings. The molecule has 0 N–H and O–H groups in total. The van der Waals surface area contributed by atoms with Crippen molar-refractivity contribution in [2.45, 2.75) is 9.79 Å². The van der Waals surface area contributed by atoms with Crippen LogP contribution >= 0.6 is 0 Å². The Morgan fingerprint density at radius 1 is 0.733 bits per heavy atom. The van der Waals surface area contributed by atoms with Gasteiger partial charge < -0.3 is 13.9 Å². The Hall–Kier alpha value is -3.54. The van der Waals surface area contributed by atoms with Gasteiger partial charge in [0.05, 0.1) is 16.4 Å². The summed E-state index contributed by atoms with van der Waals surface area (Å²) in [5.74, 6) is 0.902. The molecular weight excluding hydrogens is 394 g/mol. The van der Waals surface area contributed by atoms with Crippen LogP contribution in [0.5, 0.6) is 11.5 Å². The molecule has 0 saturated heterocycles. The highest BCUT2D eigenvalue weighted by Crippen LogP contribution is 2.45. The van der Waals surface area contributed by atoms with Gasteiger partial charge in [0, 0.05) is 22.2 Å². The second kappa shape index (κ2) is 6.49. The Kier molecular flexibility index (Phi) is 3.75. The number of rotatable bonds is 1. The summed E-state index contributed by atoms with van der Waals surface area (Å²) in [6, 6.07) is 28.4. The summed E-state index contributed by atoms with van der Waals surface area (Å²) in [6.45, 7) is 0. The number of nitrogens with zero attached hydrogens (tertiary/aromatic N) is 1. The lowest BCUT2D eigenvalue weighted by molar-refractivity contribution is 0.448. The van der Waals surface area contributed by atoms with E-state index in [9.17, 15) is 9.35 Å². The van der Waals surface area contributed by atoms with Crippen molar-refractivity contribution < 1.29 is 9.29 Å². The molecule has 4 nitrogen and oxygen atoms in total. The van der Waals surface area contributed by atoms with E-state index in [4.69, 9.17) is 4.74 Å². The molecule has 4 aromatic carbocycles. The molecule has 1 aromatic heterocycles. The zero-order valence-electron chi connectivity index (χ0n) is 15.7. The van der Waals surface area contributed by atoms with E-state index in [1.165, 1.54) is 0 Å². The monoisotopic (exact) mass is 409 g/mol. The zero-order valence-corrected chi connectivity index (χ0v) is 16.6. The fourth-order valence-electron chi connectivity index (χ4n) is 4.10. The van der Waals surface area contributed by atoms with Gasteiger partial charge in [-0.25, -0.2) is 0 Å². The van der Waals surface area contributed by atoms with Gasteiger partial charge >= 0.3 is 0 Å². The molecule has 0 spiro atoms. The lowest BCUT2D eigenvalue weighted by Gasteiger charge is -2.24. The lowest BCUT2D eigenvalue weighted by Crippen LogP contribution is -2.16. The summed E-state index contributed by atoms with van der Waals surface area (Å²) in [5.41, 5.74) is 2.36. The van der Waals surface area contributed by atoms with Crippen molar-refractivity contribution in [1.82, 2.24) is 4.57 Å². The molecule has 1 aliphatic rings. The number of hydrogen-bond acceptors (Lipinski definition) is 3. The first-order chi connectivity index (χ1) is 14.7. The highest BCUT2D eigenvalue weighted by molar-refractivity contribution is 7.91. The fraction of sp³-hybridized carbons (Fsp3) is 0. The second-order valence-corrected chi connectivity index (χ2v) is 8.54. The maximum atomic E-state index is 13.6. The lowest BCUT2D eigenvalue weighted by atomic mass is 10.1. The topological polar surface area (TPSA) is 54.3 Å². The van der Waals surface area contributed by atoms with E-state index < -0.39 is 11.2 Å². The number of aromatic nitrogens is 1. The minimum Gasteiger partial charge on any atom is -0.606 e. The van der Waals surface area contributed by atoms with Crippen LogP contribution < -0.4 is 10.2 Å². The van der Waals surface area contributed by atoms with Gasteiger partial charge in [0.15, 0.2) is 11.5 Å². The first-order valence-corrected chi connectivity index (χ1v) is 10.7. The van der Waals surface area contributed by atoms with Crippen molar-refractivity contribution in [2.24, 2.45) is 0 Å². The molecular formula is C25H15NO3S. The van der Waals surface area contributed by atoms with Crippen molar-refractivity contribution in [3.63, 3.8) is 0 Å². The van der Waals surface area contributed by atoms with Gasteiger partial charge in [-0.3, -0.25) is 4.79 Å². The molecule has 144 valence electrons. The Bertz CT molecular complexity index is 1510. The average Bonchev–Trinajstić information content (AvgIpc) is 2.80. The normalized spacial score (nSPS) is 14.9. The SMILES string of the molecule is O=c1c2ccccc2n(-c2ccccc2)c2ccc3c(c12)Oc1ccccc1[S+]3[O-]. The largest absolute Gasteiger partial charge is 0.606 e. The highest BCUT2D eigenvalue weighted by Gasteiger charge is 2.33. The van der Waals surface area contributed by atoms with E-state index in [1.54, 1.807) is 18.2 Å². The molecule has 1 unspecified atom stereocenters. The Morgan fingerprint density at radius 3 is 2.33 bits per heavy atom. The predicted octanol–water partition coefficient (Wildman–Crippen LogP) is 5.42. The van der Waals surface area contributed by atoms with Gasteiger partial charge in [0.25, 0.3) is 0 Å². The Balaban J connectivity index is 1.79. The van der Waals surface area contributed by atoms with Crippen molar-refractivity contribution >= 4 is 33.0 Å². The van der Waals surface area contributed by atoms with Crippen molar-refractivity contribution in [3.8, 4) is 17.2 Å². The third-order valence-electron chi connectivity index (χ3n) is 5.43. The molecule has 5 heteroatoms. The fourth-order valence-corrected chi connectivity index (χ4v) is 5.34. The second-order valence-electron chi connectivity index (χ2n) is 7.12. The van der Waals surface area contributed by atoms with Gasteiger partial charge in [-0.2, -0.15) is 0 Å². The number of ether oxygens (including phenoxy) is 1. The summed E-state index contributed by atoms with van der Waals surface area (Å²) in [6.07, 6.45) is 0. The summed E-state index contributed by atoms with van der Waals surface area (Å²) < 4.78 is 21.4. The molecule has 1 atom stereocenters. The number of pyridine rings is 1. The first-order valence-electron chi connectivity index (χ1n) is 9.58. The number of hydrogen-bond donors (Lipinski definition) is 0. The van der Waals surface area contributed by atoms with Gasteiger partial charge in [-0.1, -0.05) is 42.5 Å². The first kappa shape index (κ1) is 17.3. The molecule has 0 radical (unpaired) electrons. The molecule has 1 aliphatic heterocycles. The molecule has 0 fully saturated rings. The van der Waals surface area contributed by atoms with E-state index in [0.29, 0.717) is 32.1 Å². The molecule has 2 heterocycles. The van der Waals surface area contributed by atoms with Crippen LogP contribution in [0.1, 0.15) is 0 Å². The van der Waals surface area contributed by atoms with Crippen molar-refractivity contribution in [3.05, 3.63) is 101 Å². The number of benzene rings is 4. The van der Waals surface area contributed by atoms with E-state index >= 15 is 0 Å². The van der Waals surface area contributed by atoms with E-state index in [0.717, 1.165) is 16.7 Å². The molecule has 0 saturated carbocycles. The summed E-state index contributed by atoms with van der Waals surface area (Å²) >= 11 is -1.41. The van der Waals surface area contributed by atoms with E-state index in [-0.39, 0.29) is 5.43 Å². The third-order valence-corrected chi connectivity index (χ3v) is 6.89. The van der Waals surface area contributed by atoms with Crippen LogP contribution in [-0.4, -0.2) is 9.12 Å². The Morgan fingerprint density at radius 2 is 1.47 bits per heavy atom. The third kappa shape index (κ3) is 2.36. The van der Waals surface area contributed by atoms with Crippen LogP contribution in [0.2, 0.25) is 0 Å². The van der Waals surface area contributed by atoms with Gasteiger partial charge in [0.1, 0.15) is 0 Å². The van der Waals surface area contributed by atoms with Crippen LogP contribution in [0.3, 0.4) is 0 Å². The van der Waals surface area contributed by atoms with Crippen LogP contribution in [0.25, 0.3) is 27.5 Å². The average molecular weight is 409 g/mol. The van der Waals surface area contributed by atoms with Crippen LogP contribution in [-0.2, 0) is 11.2 Å². The number of para-hydroxylation sites is 3. The minimum absolute atomic E-state index is 0.124. The maximum absolute atomic E-state index is 13.6. The van der Waals surface area contributed by atoms with Gasteiger partial charge in [0.2, 0.25) is 15.2 Å². The number of fused-ring (bicyclic) bond motifs is 5. The molecule has 6 rings (SSSR count). The van der Waals surface area contributed by atoms with Gasteiger partial charge in [-0.05, 0) is 48.5 Å². The highest BCUT2D eigenvalue weighted by atomic mass is 32.2. The Labute approximate surface area is 175 Å².